The summed E-state index contributed by atoms with van der Waals surface area (Å²) in [6.07, 6.45) is 1.55. The number of Topliss-reactive ketones (excluding diaryl/α,β-unsaturated/α-hetero) is 1. The predicted molar refractivity (Wildman–Crippen MR) is 122 cm³/mol. The van der Waals surface area contributed by atoms with Crippen molar-refractivity contribution in [1.82, 2.24) is 9.88 Å². The Labute approximate surface area is 187 Å². The van der Waals surface area contributed by atoms with E-state index < -0.39 is 11.3 Å². The maximum Gasteiger partial charge on any atom is 0.256 e. The number of pyridine rings is 1. The fourth-order valence-electron chi connectivity index (χ4n) is 3.19. The molecule has 0 atom stereocenters. The van der Waals surface area contributed by atoms with Crippen molar-refractivity contribution in [3.05, 3.63) is 80.0 Å². The molecule has 2 aromatic carbocycles. The van der Waals surface area contributed by atoms with Crippen LogP contribution in [0.4, 0.5) is 0 Å². The summed E-state index contributed by atoms with van der Waals surface area (Å²) < 4.78 is 7.92. The monoisotopic (exact) mass is 486 g/mol. The minimum atomic E-state index is -0.516. The number of hydrogen-bond acceptors (Lipinski definition) is 5. The smallest absolute Gasteiger partial charge is 0.256 e. The number of fused-ring (bicyclic) bond motifs is 1. The Kier molecular flexibility index (Phi) is 7.73. The molecule has 0 saturated heterocycles. The lowest BCUT2D eigenvalue weighted by Gasteiger charge is -2.15. The highest BCUT2D eigenvalue weighted by Crippen LogP contribution is 2.18. The minimum absolute atomic E-state index is 0.00697. The Balaban J connectivity index is 2.01. The van der Waals surface area contributed by atoms with Crippen molar-refractivity contribution < 1.29 is 19.4 Å². The molecule has 0 unspecified atom stereocenters. The molecule has 2 N–H and O–H groups in total. The van der Waals surface area contributed by atoms with Gasteiger partial charge in [0.05, 0.1) is 25.3 Å². The number of aliphatic hydroxyl groups is 1. The van der Waals surface area contributed by atoms with Crippen LogP contribution >= 0.6 is 15.9 Å². The maximum absolute atomic E-state index is 13.1. The first-order valence-corrected chi connectivity index (χ1v) is 10.6. The number of rotatable bonds is 9. The molecule has 0 bridgehead atoms. The Morgan fingerprint density at radius 3 is 2.55 bits per heavy atom. The van der Waals surface area contributed by atoms with Crippen LogP contribution in [0.25, 0.3) is 10.9 Å². The molecule has 0 fully saturated rings. The number of nitrogens with zero attached hydrogens (tertiary/aromatic N) is 1. The van der Waals surface area contributed by atoms with Gasteiger partial charge in [0.15, 0.2) is 5.78 Å². The van der Waals surface area contributed by atoms with E-state index in [4.69, 9.17) is 9.84 Å². The van der Waals surface area contributed by atoms with Crippen molar-refractivity contribution >= 4 is 38.5 Å². The normalized spacial score (nSPS) is 10.9. The fraction of sp³-hybridized carbons (Fsp3) is 0.261. The number of aliphatic hydroxyl groups excluding tert-OH is 1. The zero-order valence-electron chi connectivity index (χ0n) is 17.1. The third-order valence-electron chi connectivity index (χ3n) is 4.77. The van der Waals surface area contributed by atoms with Gasteiger partial charge in [-0.15, -0.1) is 0 Å². The van der Waals surface area contributed by atoms with Crippen LogP contribution in [0.2, 0.25) is 0 Å². The van der Waals surface area contributed by atoms with Crippen molar-refractivity contribution in [1.29, 1.82) is 0 Å². The molecule has 1 heterocycles. The van der Waals surface area contributed by atoms with Crippen molar-refractivity contribution in [3.8, 4) is 0 Å². The first-order valence-electron chi connectivity index (χ1n) is 9.80. The molecule has 1 aromatic heterocycles. The quantitative estimate of drug-likeness (QED) is 0.358. The summed E-state index contributed by atoms with van der Waals surface area (Å²) in [5, 5.41) is 11.7. The lowest BCUT2D eigenvalue weighted by molar-refractivity contribution is 0.0837. The summed E-state index contributed by atoms with van der Waals surface area (Å²) >= 11 is 3.41. The molecule has 8 heteroatoms. The topological polar surface area (TPSA) is 97.6 Å². The van der Waals surface area contributed by atoms with Crippen LogP contribution in [0.3, 0.4) is 0 Å². The number of nitrogens with one attached hydrogen (secondary N) is 1. The van der Waals surface area contributed by atoms with Crippen molar-refractivity contribution in [2.45, 2.75) is 13.5 Å². The van der Waals surface area contributed by atoms with E-state index in [0.29, 0.717) is 23.0 Å². The van der Waals surface area contributed by atoms with Gasteiger partial charge in [-0.1, -0.05) is 28.1 Å². The average Bonchev–Trinajstić information content (AvgIpc) is 2.76. The summed E-state index contributed by atoms with van der Waals surface area (Å²) in [5.74, 6) is -0.672. The maximum atomic E-state index is 13.1. The van der Waals surface area contributed by atoms with E-state index in [9.17, 15) is 14.4 Å². The lowest BCUT2D eigenvalue weighted by atomic mass is 10.0. The van der Waals surface area contributed by atoms with E-state index in [1.807, 2.05) is 28.8 Å². The number of benzene rings is 2. The van der Waals surface area contributed by atoms with Crippen molar-refractivity contribution in [2.24, 2.45) is 0 Å². The Morgan fingerprint density at radius 1 is 1.13 bits per heavy atom. The van der Waals surface area contributed by atoms with Gasteiger partial charge in [-0.3, -0.25) is 14.4 Å². The van der Waals surface area contributed by atoms with E-state index in [-0.39, 0.29) is 37.7 Å². The van der Waals surface area contributed by atoms with Crippen LogP contribution in [0.1, 0.15) is 33.2 Å². The van der Waals surface area contributed by atoms with E-state index in [2.05, 4.69) is 21.2 Å². The van der Waals surface area contributed by atoms with Crippen LogP contribution in [-0.4, -0.2) is 47.7 Å². The van der Waals surface area contributed by atoms with Crippen LogP contribution in [0.15, 0.2) is 57.9 Å². The zero-order chi connectivity index (χ0) is 22.4. The Hall–Kier alpha value is -2.81. The molecule has 3 rings (SSSR count). The summed E-state index contributed by atoms with van der Waals surface area (Å²) in [6, 6.07) is 12.7. The predicted octanol–water partition coefficient (Wildman–Crippen LogP) is 2.75. The highest BCUT2D eigenvalue weighted by atomic mass is 79.9. The second-order valence-corrected chi connectivity index (χ2v) is 7.92. The molecule has 162 valence electrons. The number of halogens is 1. The SMILES string of the molecule is CC(=O)c1ccc2c(c1)c(=O)c(C(=O)NCCOCCO)cn2Cc1ccc(Br)cc1. The number of ketones is 1. The number of aromatic nitrogens is 1. The molecule has 0 spiro atoms. The van der Waals surface area contributed by atoms with Crippen LogP contribution in [-0.2, 0) is 11.3 Å². The van der Waals surface area contributed by atoms with Gasteiger partial charge in [0, 0.05) is 34.7 Å². The molecule has 3 aromatic rings. The third-order valence-corrected chi connectivity index (χ3v) is 5.29. The first kappa shape index (κ1) is 22.9. The minimum Gasteiger partial charge on any atom is -0.394 e. The van der Waals surface area contributed by atoms with Gasteiger partial charge in [0.25, 0.3) is 5.91 Å². The van der Waals surface area contributed by atoms with E-state index in [1.165, 1.54) is 6.92 Å². The van der Waals surface area contributed by atoms with Gasteiger partial charge in [0.2, 0.25) is 5.43 Å². The van der Waals surface area contributed by atoms with Gasteiger partial charge in [-0.25, -0.2) is 0 Å². The molecule has 0 aliphatic rings. The van der Waals surface area contributed by atoms with E-state index >= 15 is 0 Å². The summed E-state index contributed by atoms with van der Waals surface area (Å²) in [4.78, 5) is 37.6. The molecule has 0 radical (unpaired) electrons. The first-order chi connectivity index (χ1) is 14.9. The van der Waals surface area contributed by atoms with Crippen LogP contribution in [0, 0.1) is 0 Å². The zero-order valence-corrected chi connectivity index (χ0v) is 18.6. The van der Waals surface area contributed by atoms with E-state index in [0.717, 1.165) is 10.0 Å². The van der Waals surface area contributed by atoms with Gasteiger partial charge in [0.1, 0.15) is 5.56 Å². The number of amides is 1. The molecule has 31 heavy (non-hydrogen) atoms. The lowest BCUT2D eigenvalue weighted by Crippen LogP contribution is -2.32. The number of carbonyl (C=O) groups excluding carboxylic acids is 2. The van der Waals surface area contributed by atoms with E-state index in [1.54, 1.807) is 24.4 Å². The average molecular weight is 487 g/mol. The second kappa shape index (κ2) is 10.5. The summed E-state index contributed by atoms with van der Waals surface area (Å²) in [7, 11) is 0. The van der Waals surface area contributed by atoms with Gasteiger partial charge in [-0.05, 0) is 42.8 Å². The second-order valence-electron chi connectivity index (χ2n) is 7.01. The van der Waals surface area contributed by atoms with Gasteiger partial charge < -0.3 is 19.7 Å². The Bertz CT molecular complexity index is 1160. The van der Waals surface area contributed by atoms with Gasteiger partial charge in [-0.2, -0.15) is 0 Å². The van der Waals surface area contributed by atoms with Crippen molar-refractivity contribution in [3.63, 3.8) is 0 Å². The van der Waals surface area contributed by atoms with Crippen LogP contribution in [0.5, 0.6) is 0 Å². The number of carbonyl (C=O) groups is 2. The third kappa shape index (κ3) is 5.66. The molecular weight excluding hydrogens is 464 g/mol. The highest BCUT2D eigenvalue weighted by Gasteiger charge is 2.16. The van der Waals surface area contributed by atoms with Crippen molar-refractivity contribution in [2.75, 3.05) is 26.4 Å². The van der Waals surface area contributed by atoms with Crippen LogP contribution < -0.4 is 10.7 Å². The number of ether oxygens (including phenoxy) is 1. The molecule has 0 aliphatic heterocycles. The standard InChI is InChI=1S/C23H23BrN2O5/c1-15(28)17-4-7-21-19(12-17)22(29)20(23(30)25-8-10-31-11-9-27)14-26(21)13-16-2-5-18(24)6-3-16/h2-7,12,14,27H,8-11,13H2,1H3,(H,25,30). The largest absolute Gasteiger partial charge is 0.394 e. The fourth-order valence-corrected chi connectivity index (χ4v) is 3.46. The molecular formula is C23H23BrN2O5. The highest BCUT2D eigenvalue weighted by molar-refractivity contribution is 9.10. The van der Waals surface area contributed by atoms with Gasteiger partial charge >= 0.3 is 0 Å². The Morgan fingerprint density at radius 2 is 1.87 bits per heavy atom. The summed E-state index contributed by atoms with van der Waals surface area (Å²) in [5.41, 5.74) is 1.61. The molecule has 0 saturated carbocycles. The molecule has 1 amide bonds. The molecule has 0 aliphatic carbocycles. The number of hydrogen-bond donors (Lipinski definition) is 2. The summed E-state index contributed by atoms with van der Waals surface area (Å²) in [6.45, 7) is 2.39. The molecule has 7 nitrogen and oxygen atoms in total.